The first-order valence-electron chi connectivity index (χ1n) is 7.28. The Labute approximate surface area is 114 Å². The molecule has 19 heavy (non-hydrogen) atoms. The van der Waals surface area contributed by atoms with E-state index in [0.29, 0.717) is 0 Å². The molecule has 0 amide bonds. The molecule has 2 aliphatic rings. The van der Waals surface area contributed by atoms with Crippen LogP contribution in [0.15, 0.2) is 18.5 Å². The van der Waals surface area contributed by atoms with Gasteiger partial charge in [0.1, 0.15) is 0 Å². The van der Waals surface area contributed by atoms with Gasteiger partial charge < -0.3 is 10.6 Å². The van der Waals surface area contributed by atoms with Gasteiger partial charge in [-0.05, 0) is 18.9 Å². The molecule has 1 aliphatic heterocycles. The SMILES string of the molecule is NC1(CN2CCN(c3ncccn3)CC2)CCCC1. The standard InChI is InChI=1S/C14H23N5/c15-14(4-1-2-5-14)12-18-8-10-19(11-9-18)13-16-6-3-7-17-13/h3,6-7H,1-2,4-5,8-12,15H2. The maximum Gasteiger partial charge on any atom is 0.225 e. The number of rotatable bonds is 3. The summed E-state index contributed by atoms with van der Waals surface area (Å²) in [7, 11) is 0. The van der Waals surface area contributed by atoms with Crippen molar-refractivity contribution in [2.45, 2.75) is 31.2 Å². The number of aromatic nitrogens is 2. The van der Waals surface area contributed by atoms with Crippen LogP contribution in [0.25, 0.3) is 0 Å². The Morgan fingerprint density at radius 2 is 1.68 bits per heavy atom. The average Bonchev–Trinajstić information content (AvgIpc) is 2.87. The maximum atomic E-state index is 6.46. The fraction of sp³-hybridized carbons (Fsp3) is 0.714. The van der Waals surface area contributed by atoms with Crippen molar-refractivity contribution in [2.75, 3.05) is 37.6 Å². The summed E-state index contributed by atoms with van der Waals surface area (Å²) in [4.78, 5) is 13.4. The van der Waals surface area contributed by atoms with Gasteiger partial charge in [-0.2, -0.15) is 0 Å². The van der Waals surface area contributed by atoms with Crippen molar-refractivity contribution >= 4 is 5.95 Å². The van der Waals surface area contributed by atoms with E-state index in [1.165, 1.54) is 25.7 Å². The smallest absolute Gasteiger partial charge is 0.225 e. The molecule has 5 nitrogen and oxygen atoms in total. The van der Waals surface area contributed by atoms with Crippen LogP contribution in [-0.2, 0) is 0 Å². The van der Waals surface area contributed by atoms with Gasteiger partial charge in [-0.25, -0.2) is 9.97 Å². The summed E-state index contributed by atoms with van der Waals surface area (Å²) in [5.41, 5.74) is 6.53. The molecular formula is C14H23N5. The topological polar surface area (TPSA) is 58.3 Å². The minimum atomic E-state index is 0.0748. The molecule has 3 rings (SSSR count). The molecule has 5 heteroatoms. The van der Waals surface area contributed by atoms with E-state index in [1.54, 1.807) is 0 Å². The third kappa shape index (κ3) is 3.04. The lowest BCUT2D eigenvalue weighted by Crippen LogP contribution is -2.54. The molecule has 2 N–H and O–H groups in total. The molecule has 0 bridgehead atoms. The molecule has 0 aromatic carbocycles. The minimum absolute atomic E-state index is 0.0748. The lowest BCUT2D eigenvalue weighted by Gasteiger charge is -2.38. The number of hydrogen-bond acceptors (Lipinski definition) is 5. The summed E-state index contributed by atoms with van der Waals surface area (Å²) in [5.74, 6) is 0.852. The first kappa shape index (κ1) is 12.8. The lowest BCUT2D eigenvalue weighted by atomic mass is 9.98. The fourth-order valence-corrected chi connectivity index (χ4v) is 3.24. The Balaban J connectivity index is 1.52. The van der Waals surface area contributed by atoms with Crippen LogP contribution in [0.2, 0.25) is 0 Å². The fourth-order valence-electron chi connectivity index (χ4n) is 3.24. The van der Waals surface area contributed by atoms with Crippen molar-refractivity contribution in [2.24, 2.45) is 5.73 Å². The van der Waals surface area contributed by atoms with Crippen molar-refractivity contribution in [3.05, 3.63) is 18.5 Å². The van der Waals surface area contributed by atoms with E-state index in [1.807, 2.05) is 18.5 Å². The molecule has 1 saturated carbocycles. The molecule has 2 heterocycles. The number of nitrogens with two attached hydrogens (primary N) is 1. The van der Waals surface area contributed by atoms with Crippen molar-refractivity contribution in [1.29, 1.82) is 0 Å². The summed E-state index contributed by atoms with van der Waals surface area (Å²) in [6.45, 7) is 5.19. The van der Waals surface area contributed by atoms with Crippen molar-refractivity contribution in [3.8, 4) is 0 Å². The highest BCUT2D eigenvalue weighted by Gasteiger charge is 2.32. The second-order valence-corrected chi connectivity index (χ2v) is 5.88. The molecular weight excluding hydrogens is 238 g/mol. The predicted molar refractivity (Wildman–Crippen MR) is 76.1 cm³/mol. The van der Waals surface area contributed by atoms with Gasteiger partial charge in [-0.15, -0.1) is 0 Å². The Hall–Kier alpha value is -1.20. The quantitative estimate of drug-likeness (QED) is 0.875. The molecule has 0 unspecified atom stereocenters. The number of nitrogens with zero attached hydrogens (tertiary/aromatic N) is 4. The van der Waals surface area contributed by atoms with Crippen molar-refractivity contribution in [3.63, 3.8) is 0 Å². The van der Waals surface area contributed by atoms with Crippen LogP contribution in [0.3, 0.4) is 0 Å². The first-order chi connectivity index (χ1) is 9.25. The van der Waals surface area contributed by atoms with Gasteiger partial charge in [0.2, 0.25) is 5.95 Å². The molecule has 1 aromatic rings. The van der Waals surface area contributed by atoms with Crippen LogP contribution in [0, 0.1) is 0 Å². The van der Waals surface area contributed by atoms with E-state index in [0.717, 1.165) is 38.7 Å². The van der Waals surface area contributed by atoms with E-state index >= 15 is 0 Å². The van der Waals surface area contributed by atoms with Crippen LogP contribution >= 0.6 is 0 Å². The first-order valence-corrected chi connectivity index (χ1v) is 7.28. The highest BCUT2D eigenvalue weighted by molar-refractivity contribution is 5.29. The highest BCUT2D eigenvalue weighted by Crippen LogP contribution is 2.28. The highest BCUT2D eigenvalue weighted by atomic mass is 15.3. The van der Waals surface area contributed by atoms with Crippen LogP contribution < -0.4 is 10.6 Å². The second kappa shape index (κ2) is 5.43. The molecule has 0 radical (unpaired) electrons. The number of hydrogen-bond donors (Lipinski definition) is 1. The van der Waals surface area contributed by atoms with Gasteiger partial charge in [0.25, 0.3) is 0 Å². The van der Waals surface area contributed by atoms with Gasteiger partial charge in [-0.1, -0.05) is 12.8 Å². The van der Waals surface area contributed by atoms with Crippen molar-refractivity contribution in [1.82, 2.24) is 14.9 Å². The largest absolute Gasteiger partial charge is 0.338 e. The Morgan fingerprint density at radius 3 is 2.32 bits per heavy atom. The molecule has 0 spiro atoms. The molecule has 104 valence electrons. The van der Waals surface area contributed by atoms with E-state index < -0.39 is 0 Å². The Morgan fingerprint density at radius 1 is 1.05 bits per heavy atom. The Bertz CT molecular complexity index is 394. The lowest BCUT2D eigenvalue weighted by molar-refractivity contribution is 0.198. The third-order valence-corrected chi connectivity index (χ3v) is 4.35. The van der Waals surface area contributed by atoms with E-state index in [-0.39, 0.29) is 5.54 Å². The summed E-state index contributed by atoms with van der Waals surface area (Å²) in [6.07, 6.45) is 8.59. The van der Waals surface area contributed by atoms with Crippen molar-refractivity contribution < 1.29 is 0 Å². The van der Waals surface area contributed by atoms with E-state index in [9.17, 15) is 0 Å². The second-order valence-electron chi connectivity index (χ2n) is 5.88. The normalized spacial score (nSPS) is 23.7. The van der Waals surface area contributed by atoms with Gasteiger partial charge in [0.15, 0.2) is 0 Å². The van der Waals surface area contributed by atoms with E-state index in [2.05, 4.69) is 19.8 Å². The molecule has 0 atom stereocenters. The monoisotopic (exact) mass is 261 g/mol. The van der Waals surface area contributed by atoms with Gasteiger partial charge in [0.05, 0.1) is 0 Å². The van der Waals surface area contributed by atoms with Crippen LogP contribution in [0.4, 0.5) is 5.95 Å². The molecule has 1 saturated heterocycles. The summed E-state index contributed by atoms with van der Waals surface area (Å²) in [5, 5.41) is 0. The zero-order valence-corrected chi connectivity index (χ0v) is 11.5. The van der Waals surface area contributed by atoms with Gasteiger partial charge in [0, 0.05) is 50.7 Å². The summed E-state index contributed by atoms with van der Waals surface area (Å²) < 4.78 is 0. The molecule has 1 aliphatic carbocycles. The number of anilines is 1. The molecule has 2 fully saturated rings. The van der Waals surface area contributed by atoms with Crippen LogP contribution in [0.1, 0.15) is 25.7 Å². The third-order valence-electron chi connectivity index (χ3n) is 4.35. The van der Waals surface area contributed by atoms with Crippen LogP contribution in [0.5, 0.6) is 0 Å². The van der Waals surface area contributed by atoms with E-state index in [4.69, 9.17) is 5.73 Å². The Kier molecular flexibility index (Phi) is 3.66. The zero-order valence-electron chi connectivity index (χ0n) is 11.5. The summed E-state index contributed by atoms with van der Waals surface area (Å²) in [6, 6.07) is 1.86. The zero-order chi connectivity index (χ0) is 13.1. The maximum absolute atomic E-state index is 6.46. The van der Waals surface area contributed by atoms with Crippen LogP contribution in [-0.4, -0.2) is 53.1 Å². The predicted octanol–water partition coefficient (Wildman–Crippen LogP) is 0.870. The van der Waals surface area contributed by atoms with Gasteiger partial charge >= 0.3 is 0 Å². The van der Waals surface area contributed by atoms with Gasteiger partial charge in [-0.3, -0.25) is 4.90 Å². The molecule has 1 aromatic heterocycles. The average molecular weight is 261 g/mol. The number of piperazine rings is 1. The minimum Gasteiger partial charge on any atom is -0.338 e. The summed E-state index contributed by atoms with van der Waals surface area (Å²) >= 11 is 0.